The van der Waals surface area contributed by atoms with Gasteiger partial charge in [-0.2, -0.15) is 0 Å². The molecular weight excluding hydrogens is 404 g/mol. The van der Waals surface area contributed by atoms with E-state index in [-0.39, 0.29) is 12.5 Å². The molecule has 7 nitrogen and oxygen atoms in total. The Morgan fingerprint density at radius 2 is 1.80 bits per heavy atom. The zero-order valence-electron chi connectivity index (χ0n) is 16.7. The third-order valence-corrected chi connectivity index (χ3v) is 5.63. The fourth-order valence-corrected chi connectivity index (χ4v) is 4.04. The van der Waals surface area contributed by atoms with E-state index in [0.29, 0.717) is 28.0 Å². The smallest absolute Gasteiger partial charge is 0.264 e. The summed E-state index contributed by atoms with van der Waals surface area (Å²) in [5.41, 5.74) is 1.16. The maximum absolute atomic E-state index is 13.6. The minimum Gasteiger partial charge on any atom is -0.497 e. The molecule has 30 heavy (non-hydrogen) atoms. The molecule has 154 valence electrons. The van der Waals surface area contributed by atoms with Gasteiger partial charge in [0.05, 0.1) is 49.9 Å². The lowest BCUT2D eigenvalue weighted by atomic mass is 10.1. The van der Waals surface area contributed by atoms with E-state index >= 15 is 0 Å². The molecule has 0 saturated carbocycles. The van der Waals surface area contributed by atoms with E-state index in [4.69, 9.17) is 18.6 Å². The first-order chi connectivity index (χ1) is 14.6. The normalized spacial score (nSPS) is 10.8. The van der Waals surface area contributed by atoms with Gasteiger partial charge in [-0.05, 0) is 48.5 Å². The zero-order chi connectivity index (χ0) is 21.1. The minimum atomic E-state index is -0.270. The van der Waals surface area contributed by atoms with E-state index in [1.807, 2.05) is 24.3 Å². The second kappa shape index (κ2) is 8.46. The van der Waals surface area contributed by atoms with Crippen molar-refractivity contribution in [3.63, 3.8) is 0 Å². The summed E-state index contributed by atoms with van der Waals surface area (Å²) < 4.78 is 22.4. The maximum atomic E-state index is 13.6. The molecule has 2 heterocycles. The number of carbonyl (C=O) groups is 1. The molecule has 0 unspecified atom stereocenters. The minimum absolute atomic E-state index is 0.225. The lowest BCUT2D eigenvalue weighted by Gasteiger charge is -2.20. The summed E-state index contributed by atoms with van der Waals surface area (Å²) in [5, 5.41) is 0.546. The van der Waals surface area contributed by atoms with Crippen LogP contribution in [0.1, 0.15) is 16.1 Å². The molecule has 0 atom stereocenters. The van der Waals surface area contributed by atoms with E-state index in [0.717, 1.165) is 16.0 Å². The molecule has 2 aromatic carbocycles. The number of carbonyl (C=O) groups excluding carboxylic acids is 1. The van der Waals surface area contributed by atoms with Crippen LogP contribution in [-0.4, -0.2) is 32.2 Å². The zero-order valence-corrected chi connectivity index (χ0v) is 17.6. The molecule has 1 amide bonds. The Kier molecular flexibility index (Phi) is 5.58. The average molecular weight is 424 g/mol. The Balaban J connectivity index is 1.80. The summed E-state index contributed by atoms with van der Waals surface area (Å²) in [6.07, 6.45) is 1.58. The van der Waals surface area contributed by atoms with E-state index < -0.39 is 0 Å². The highest BCUT2D eigenvalue weighted by Crippen LogP contribution is 2.34. The van der Waals surface area contributed by atoms with Crippen LogP contribution in [-0.2, 0) is 6.54 Å². The van der Waals surface area contributed by atoms with Crippen LogP contribution in [0.15, 0.2) is 59.2 Å². The third-order valence-electron chi connectivity index (χ3n) is 4.59. The molecule has 0 saturated heterocycles. The quantitative estimate of drug-likeness (QED) is 0.426. The Bertz CT molecular complexity index is 1170. The van der Waals surface area contributed by atoms with Gasteiger partial charge in [-0.25, -0.2) is 4.98 Å². The predicted molar refractivity (Wildman–Crippen MR) is 115 cm³/mol. The number of benzene rings is 2. The standard InChI is InChI=1S/C22H20N2O5S/c1-26-14-7-9-19(28-3)17(11-14)21(25)24(13-16-5-4-10-29-16)22-23-18-8-6-15(27-2)12-20(18)30-22/h4-12H,13H2,1-3H3. The molecule has 2 aromatic heterocycles. The van der Waals surface area contributed by atoms with Gasteiger partial charge in [0.1, 0.15) is 23.0 Å². The maximum Gasteiger partial charge on any atom is 0.264 e. The summed E-state index contributed by atoms with van der Waals surface area (Å²) in [4.78, 5) is 19.9. The Labute approximate surface area is 177 Å². The van der Waals surface area contributed by atoms with Crippen LogP contribution < -0.4 is 19.1 Å². The summed E-state index contributed by atoms with van der Waals surface area (Å²) >= 11 is 1.40. The highest BCUT2D eigenvalue weighted by atomic mass is 32.1. The molecule has 8 heteroatoms. The number of hydrogen-bond donors (Lipinski definition) is 0. The van der Waals surface area contributed by atoms with Gasteiger partial charge in [-0.15, -0.1) is 0 Å². The fourth-order valence-electron chi connectivity index (χ4n) is 3.05. The van der Waals surface area contributed by atoms with Crippen molar-refractivity contribution in [2.75, 3.05) is 26.2 Å². The number of methoxy groups -OCH3 is 3. The molecular formula is C22H20N2O5S. The van der Waals surface area contributed by atoms with E-state index in [1.165, 1.54) is 18.4 Å². The van der Waals surface area contributed by atoms with Gasteiger partial charge in [0.25, 0.3) is 5.91 Å². The van der Waals surface area contributed by atoms with Gasteiger partial charge in [-0.3, -0.25) is 9.69 Å². The van der Waals surface area contributed by atoms with Crippen LogP contribution >= 0.6 is 11.3 Å². The molecule has 0 spiro atoms. The molecule has 0 aliphatic carbocycles. The van der Waals surface area contributed by atoms with E-state index in [9.17, 15) is 4.79 Å². The number of furan rings is 1. The highest BCUT2D eigenvalue weighted by molar-refractivity contribution is 7.22. The Morgan fingerprint density at radius 1 is 1.03 bits per heavy atom. The molecule has 0 fully saturated rings. The van der Waals surface area contributed by atoms with Gasteiger partial charge in [0, 0.05) is 0 Å². The Hall–Kier alpha value is -3.52. The van der Waals surface area contributed by atoms with Crippen LogP contribution in [0.2, 0.25) is 0 Å². The van der Waals surface area contributed by atoms with Crippen molar-refractivity contribution in [1.82, 2.24) is 4.98 Å². The van der Waals surface area contributed by atoms with Crippen molar-refractivity contribution in [3.05, 3.63) is 66.1 Å². The highest BCUT2D eigenvalue weighted by Gasteiger charge is 2.26. The number of amides is 1. The first-order valence-electron chi connectivity index (χ1n) is 9.13. The first kappa shape index (κ1) is 19.8. The molecule has 0 aliphatic heterocycles. The van der Waals surface area contributed by atoms with Crippen LogP contribution in [0.25, 0.3) is 10.2 Å². The number of thiazole rings is 1. The average Bonchev–Trinajstić information content (AvgIpc) is 3.45. The summed E-state index contributed by atoms with van der Waals surface area (Å²) in [7, 11) is 4.70. The van der Waals surface area contributed by atoms with Gasteiger partial charge >= 0.3 is 0 Å². The lowest BCUT2D eigenvalue weighted by molar-refractivity contribution is 0.0980. The topological polar surface area (TPSA) is 74.0 Å². The number of nitrogens with zero attached hydrogens (tertiary/aromatic N) is 2. The molecule has 0 N–H and O–H groups in total. The van der Waals surface area contributed by atoms with Crippen molar-refractivity contribution in [2.45, 2.75) is 6.54 Å². The number of ether oxygens (including phenoxy) is 3. The molecule has 0 aliphatic rings. The number of aromatic nitrogens is 1. The van der Waals surface area contributed by atoms with Crippen molar-refractivity contribution < 1.29 is 23.4 Å². The van der Waals surface area contributed by atoms with E-state index in [2.05, 4.69) is 4.98 Å². The SMILES string of the molecule is COc1ccc(OC)c(C(=O)N(Cc2ccco2)c2nc3ccc(OC)cc3s2)c1. The molecule has 0 bridgehead atoms. The molecule has 4 aromatic rings. The van der Waals surface area contributed by atoms with Gasteiger partial charge in [0.2, 0.25) is 0 Å². The summed E-state index contributed by atoms with van der Waals surface area (Å²) in [6.45, 7) is 0.225. The fraction of sp³-hybridized carbons (Fsp3) is 0.182. The van der Waals surface area contributed by atoms with Gasteiger partial charge in [-0.1, -0.05) is 11.3 Å². The van der Waals surface area contributed by atoms with Crippen LogP contribution in [0.4, 0.5) is 5.13 Å². The van der Waals surface area contributed by atoms with Crippen LogP contribution in [0.5, 0.6) is 17.2 Å². The predicted octanol–water partition coefficient (Wildman–Crippen LogP) is 4.76. The van der Waals surface area contributed by atoms with Gasteiger partial charge in [0.15, 0.2) is 5.13 Å². The van der Waals surface area contributed by atoms with Crippen LogP contribution in [0.3, 0.4) is 0 Å². The summed E-state index contributed by atoms with van der Waals surface area (Å²) in [5.74, 6) is 2.12. The van der Waals surface area contributed by atoms with Crippen molar-refractivity contribution in [2.24, 2.45) is 0 Å². The monoisotopic (exact) mass is 424 g/mol. The van der Waals surface area contributed by atoms with Crippen molar-refractivity contribution in [1.29, 1.82) is 0 Å². The number of rotatable bonds is 7. The Morgan fingerprint density at radius 3 is 2.50 bits per heavy atom. The third kappa shape index (κ3) is 3.81. The molecule has 4 rings (SSSR count). The lowest BCUT2D eigenvalue weighted by Crippen LogP contribution is -2.30. The largest absolute Gasteiger partial charge is 0.497 e. The van der Waals surface area contributed by atoms with Crippen LogP contribution in [0, 0.1) is 0 Å². The number of fused-ring (bicyclic) bond motifs is 1. The van der Waals surface area contributed by atoms with Crippen molar-refractivity contribution in [3.8, 4) is 17.2 Å². The van der Waals surface area contributed by atoms with E-state index in [1.54, 1.807) is 49.6 Å². The van der Waals surface area contributed by atoms with Crippen molar-refractivity contribution >= 4 is 32.6 Å². The number of anilines is 1. The second-order valence-electron chi connectivity index (χ2n) is 6.37. The summed E-state index contributed by atoms with van der Waals surface area (Å²) in [6, 6.07) is 14.3. The first-order valence-corrected chi connectivity index (χ1v) is 9.95. The molecule has 0 radical (unpaired) electrons. The second-order valence-corrected chi connectivity index (χ2v) is 7.38. The number of hydrogen-bond acceptors (Lipinski definition) is 7. The van der Waals surface area contributed by atoms with Gasteiger partial charge < -0.3 is 18.6 Å².